The molecule has 2 rings (SSSR count). The molecule has 108 valence electrons. The van der Waals surface area contributed by atoms with Crippen molar-refractivity contribution in [2.24, 2.45) is 11.7 Å². The molecule has 0 radical (unpaired) electrons. The van der Waals surface area contributed by atoms with Crippen LogP contribution >= 0.6 is 0 Å². The molecule has 2 N–H and O–H groups in total. The minimum absolute atomic E-state index is 0.0569. The highest BCUT2D eigenvalue weighted by atomic mass is 16.6. The predicted molar refractivity (Wildman–Crippen MR) is 73.7 cm³/mol. The van der Waals surface area contributed by atoms with E-state index in [1.165, 1.54) is 12.1 Å². The highest BCUT2D eigenvalue weighted by molar-refractivity contribution is 5.67. The largest absolute Gasteiger partial charge is 0.364 e. The van der Waals surface area contributed by atoms with Crippen molar-refractivity contribution in [1.82, 2.24) is 0 Å². The first-order valence-corrected chi connectivity index (χ1v) is 6.33. The molecule has 8 nitrogen and oxygen atoms in total. The normalized spacial score (nSPS) is 22.6. The molecule has 0 aliphatic carbocycles. The van der Waals surface area contributed by atoms with Gasteiger partial charge in [0.2, 0.25) is 0 Å². The number of nitrogens with zero attached hydrogens (tertiary/aromatic N) is 3. The summed E-state index contributed by atoms with van der Waals surface area (Å²) in [6.45, 7) is 3.22. The van der Waals surface area contributed by atoms with E-state index in [1.807, 2.05) is 11.8 Å². The van der Waals surface area contributed by atoms with Crippen molar-refractivity contribution >= 4 is 17.1 Å². The lowest BCUT2D eigenvalue weighted by Gasteiger charge is -2.36. The first kappa shape index (κ1) is 14.2. The Kier molecular flexibility index (Phi) is 3.84. The van der Waals surface area contributed by atoms with Gasteiger partial charge in [-0.1, -0.05) is 6.92 Å². The topological polar surface area (TPSA) is 116 Å². The Morgan fingerprint density at radius 1 is 1.30 bits per heavy atom. The zero-order valence-corrected chi connectivity index (χ0v) is 11.1. The summed E-state index contributed by atoms with van der Waals surface area (Å²) in [5.74, 6) is 0.364. The molecular weight excluding hydrogens is 264 g/mol. The van der Waals surface area contributed by atoms with Gasteiger partial charge in [-0.3, -0.25) is 20.2 Å². The maximum absolute atomic E-state index is 11.1. The third-order valence-electron chi connectivity index (χ3n) is 3.72. The van der Waals surface area contributed by atoms with Crippen LogP contribution in [0.4, 0.5) is 17.1 Å². The second kappa shape index (κ2) is 5.41. The summed E-state index contributed by atoms with van der Waals surface area (Å²) in [6, 6.07) is 3.66. The van der Waals surface area contributed by atoms with Gasteiger partial charge in [-0.05, 0) is 18.4 Å². The monoisotopic (exact) mass is 280 g/mol. The smallest absolute Gasteiger partial charge is 0.299 e. The molecule has 0 amide bonds. The number of nitrogens with two attached hydrogens (primary N) is 1. The van der Waals surface area contributed by atoms with Gasteiger partial charge in [0.1, 0.15) is 5.69 Å². The number of hydrogen-bond donors (Lipinski definition) is 1. The van der Waals surface area contributed by atoms with Gasteiger partial charge in [0.25, 0.3) is 11.4 Å². The van der Waals surface area contributed by atoms with Gasteiger partial charge in [-0.2, -0.15) is 0 Å². The highest BCUT2D eigenvalue weighted by Crippen LogP contribution is 2.34. The van der Waals surface area contributed by atoms with Gasteiger partial charge < -0.3 is 10.6 Å². The fourth-order valence-electron chi connectivity index (χ4n) is 2.36. The van der Waals surface area contributed by atoms with Crippen molar-refractivity contribution in [3.8, 4) is 0 Å². The van der Waals surface area contributed by atoms with E-state index >= 15 is 0 Å². The van der Waals surface area contributed by atoms with E-state index in [1.54, 1.807) is 0 Å². The summed E-state index contributed by atoms with van der Waals surface area (Å²) in [6.07, 6.45) is 0.843. The van der Waals surface area contributed by atoms with Crippen LogP contribution in [0.2, 0.25) is 0 Å². The number of benzene rings is 1. The van der Waals surface area contributed by atoms with Crippen LogP contribution in [0.1, 0.15) is 13.3 Å². The summed E-state index contributed by atoms with van der Waals surface area (Å²) in [5, 5.41) is 21.8. The molecule has 1 aromatic carbocycles. The third-order valence-corrected chi connectivity index (χ3v) is 3.72. The van der Waals surface area contributed by atoms with Crippen LogP contribution < -0.4 is 10.6 Å². The summed E-state index contributed by atoms with van der Waals surface area (Å²) in [5.41, 5.74) is 5.85. The van der Waals surface area contributed by atoms with Crippen molar-refractivity contribution in [2.45, 2.75) is 19.4 Å². The van der Waals surface area contributed by atoms with Crippen molar-refractivity contribution in [3.63, 3.8) is 0 Å². The van der Waals surface area contributed by atoms with Gasteiger partial charge in [0.15, 0.2) is 0 Å². The maximum Gasteiger partial charge on any atom is 0.299 e. The van der Waals surface area contributed by atoms with Gasteiger partial charge in [0, 0.05) is 25.2 Å². The number of nitro groups is 2. The summed E-state index contributed by atoms with van der Waals surface area (Å²) >= 11 is 0. The Hall–Kier alpha value is -2.22. The summed E-state index contributed by atoms with van der Waals surface area (Å²) in [4.78, 5) is 22.4. The van der Waals surface area contributed by atoms with Gasteiger partial charge in [-0.15, -0.1) is 0 Å². The Bertz CT molecular complexity index is 548. The molecule has 1 fully saturated rings. The first-order chi connectivity index (χ1) is 9.40. The number of anilines is 1. The lowest BCUT2D eigenvalue weighted by atomic mass is 9.94. The van der Waals surface area contributed by atoms with Crippen LogP contribution in [-0.2, 0) is 0 Å². The van der Waals surface area contributed by atoms with E-state index in [9.17, 15) is 20.2 Å². The number of piperidine rings is 1. The minimum Gasteiger partial charge on any atom is -0.364 e. The number of rotatable bonds is 3. The zero-order chi connectivity index (χ0) is 14.9. The summed E-state index contributed by atoms with van der Waals surface area (Å²) < 4.78 is 0. The molecule has 20 heavy (non-hydrogen) atoms. The van der Waals surface area contributed by atoms with Gasteiger partial charge in [-0.25, -0.2) is 0 Å². The van der Waals surface area contributed by atoms with E-state index in [0.29, 0.717) is 24.7 Å². The summed E-state index contributed by atoms with van der Waals surface area (Å²) in [7, 11) is 0. The van der Waals surface area contributed by atoms with Gasteiger partial charge in [0.05, 0.1) is 15.9 Å². The quantitative estimate of drug-likeness (QED) is 0.665. The molecule has 2 atom stereocenters. The van der Waals surface area contributed by atoms with E-state index in [2.05, 4.69) is 0 Å². The number of nitro benzene ring substituents is 2. The molecule has 0 aromatic heterocycles. The van der Waals surface area contributed by atoms with Crippen molar-refractivity contribution < 1.29 is 9.85 Å². The van der Waals surface area contributed by atoms with Crippen molar-refractivity contribution in [2.75, 3.05) is 18.0 Å². The Morgan fingerprint density at radius 2 is 2.00 bits per heavy atom. The van der Waals surface area contributed by atoms with Crippen LogP contribution in [0.3, 0.4) is 0 Å². The van der Waals surface area contributed by atoms with E-state index in [-0.39, 0.29) is 17.4 Å². The average Bonchev–Trinajstić information content (AvgIpc) is 2.41. The van der Waals surface area contributed by atoms with Crippen molar-refractivity contribution in [3.05, 3.63) is 38.4 Å². The van der Waals surface area contributed by atoms with Crippen LogP contribution in [-0.4, -0.2) is 29.0 Å². The van der Waals surface area contributed by atoms with Crippen LogP contribution in [0, 0.1) is 26.1 Å². The fourth-order valence-corrected chi connectivity index (χ4v) is 2.36. The molecule has 0 spiro atoms. The lowest BCUT2D eigenvalue weighted by molar-refractivity contribution is -0.393. The second-order valence-electron chi connectivity index (χ2n) is 5.06. The third kappa shape index (κ3) is 2.69. The van der Waals surface area contributed by atoms with Crippen LogP contribution in [0.15, 0.2) is 18.2 Å². The highest BCUT2D eigenvalue weighted by Gasteiger charge is 2.29. The molecule has 0 saturated carbocycles. The standard InChI is InChI=1S/C12H16N4O4/c1-8-4-5-14(7-10(8)13)11-3-2-9(15(17)18)6-12(11)16(19)20/h2-3,6,8,10H,4-5,7,13H2,1H3. The Balaban J connectivity index is 2.36. The Labute approximate surface area is 115 Å². The van der Waals surface area contributed by atoms with Crippen LogP contribution in [0.25, 0.3) is 0 Å². The fraction of sp³-hybridized carbons (Fsp3) is 0.500. The number of hydrogen-bond acceptors (Lipinski definition) is 6. The maximum atomic E-state index is 11.1. The molecule has 1 saturated heterocycles. The molecule has 1 aliphatic heterocycles. The van der Waals surface area contributed by atoms with E-state index in [4.69, 9.17) is 5.73 Å². The first-order valence-electron chi connectivity index (χ1n) is 6.33. The zero-order valence-electron chi connectivity index (χ0n) is 11.1. The molecule has 1 aromatic rings. The van der Waals surface area contributed by atoms with E-state index in [0.717, 1.165) is 12.5 Å². The van der Waals surface area contributed by atoms with E-state index < -0.39 is 9.85 Å². The van der Waals surface area contributed by atoms with Gasteiger partial charge >= 0.3 is 0 Å². The van der Waals surface area contributed by atoms with Crippen molar-refractivity contribution in [1.29, 1.82) is 0 Å². The molecule has 1 heterocycles. The Morgan fingerprint density at radius 3 is 2.55 bits per heavy atom. The second-order valence-corrected chi connectivity index (χ2v) is 5.06. The molecule has 8 heteroatoms. The molecule has 1 aliphatic rings. The molecule has 0 bridgehead atoms. The predicted octanol–water partition coefficient (Wildman–Crippen LogP) is 1.68. The average molecular weight is 280 g/mol. The van der Waals surface area contributed by atoms with Crippen LogP contribution in [0.5, 0.6) is 0 Å². The molecular formula is C12H16N4O4. The SMILES string of the molecule is CC1CCN(c2ccc([N+](=O)[O-])cc2[N+](=O)[O-])CC1N. The molecule has 2 unspecified atom stereocenters. The lowest BCUT2D eigenvalue weighted by Crippen LogP contribution is -2.47. The minimum atomic E-state index is -0.638. The number of non-ortho nitro benzene ring substituents is 1.